The molecule has 0 unspecified atom stereocenters. The lowest BCUT2D eigenvalue weighted by molar-refractivity contribution is 1.26. The summed E-state index contributed by atoms with van der Waals surface area (Å²) in [5.41, 5.74) is 9.42. The van der Waals surface area contributed by atoms with E-state index in [9.17, 15) is 0 Å². The molecule has 0 amide bonds. The fourth-order valence-corrected chi connectivity index (χ4v) is 4.25. The van der Waals surface area contributed by atoms with Gasteiger partial charge in [0.1, 0.15) is 5.01 Å². The standard InChI is InChI=1S/C22H15NS/c1-2-8-18-16(5-1)14-21-19(9-4-10-20(18)21)15-6-3-7-17(13-15)22-23-11-12-24-22/h1-13H,14H2. The summed E-state index contributed by atoms with van der Waals surface area (Å²) >= 11 is 1.68. The Morgan fingerprint density at radius 3 is 2.46 bits per heavy atom. The minimum absolute atomic E-state index is 1.02. The van der Waals surface area contributed by atoms with E-state index in [1.54, 1.807) is 11.3 Å². The number of nitrogens with zero attached hydrogens (tertiary/aromatic N) is 1. The highest BCUT2D eigenvalue weighted by Crippen LogP contribution is 2.41. The predicted octanol–water partition coefficient (Wildman–Crippen LogP) is 6.05. The highest BCUT2D eigenvalue weighted by molar-refractivity contribution is 7.13. The van der Waals surface area contributed by atoms with E-state index >= 15 is 0 Å². The van der Waals surface area contributed by atoms with Gasteiger partial charge in [0.25, 0.3) is 0 Å². The molecule has 0 aliphatic heterocycles. The number of thiazole rings is 1. The molecule has 0 saturated carbocycles. The molecule has 114 valence electrons. The van der Waals surface area contributed by atoms with Gasteiger partial charge in [0.2, 0.25) is 0 Å². The third kappa shape index (κ3) is 2.11. The molecule has 1 aliphatic carbocycles. The van der Waals surface area contributed by atoms with Crippen LogP contribution in [0.2, 0.25) is 0 Å². The van der Waals surface area contributed by atoms with Crippen LogP contribution in [0.3, 0.4) is 0 Å². The van der Waals surface area contributed by atoms with Crippen molar-refractivity contribution in [3.05, 3.63) is 89.4 Å². The quantitative estimate of drug-likeness (QED) is 0.385. The second kappa shape index (κ2) is 5.43. The Bertz CT molecular complexity index is 1030. The SMILES string of the molecule is c1cc(-c2nccs2)cc(-c2cccc3c2Cc2ccccc2-3)c1. The molecule has 1 nitrogen and oxygen atoms in total. The summed E-state index contributed by atoms with van der Waals surface area (Å²) < 4.78 is 0. The van der Waals surface area contributed by atoms with Crippen molar-refractivity contribution in [3.63, 3.8) is 0 Å². The van der Waals surface area contributed by atoms with Gasteiger partial charge >= 0.3 is 0 Å². The summed E-state index contributed by atoms with van der Waals surface area (Å²) in [4.78, 5) is 4.44. The van der Waals surface area contributed by atoms with Crippen LogP contribution in [0.1, 0.15) is 11.1 Å². The van der Waals surface area contributed by atoms with Crippen LogP contribution in [0.15, 0.2) is 78.3 Å². The lowest BCUT2D eigenvalue weighted by Crippen LogP contribution is -1.88. The topological polar surface area (TPSA) is 12.9 Å². The second-order valence-corrected chi connectivity index (χ2v) is 6.98. The summed E-state index contributed by atoms with van der Waals surface area (Å²) in [6, 6.07) is 24.1. The Hall–Kier alpha value is -2.71. The molecular formula is C22H15NS. The average molecular weight is 325 g/mol. The first-order valence-electron chi connectivity index (χ1n) is 8.10. The lowest BCUT2D eigenvalue weighted by atomic mass is 9.95. The number of fused-ring (bicyclic) bond motifs is 3. The smallest absolute Gasteiger partial charge is 0.123 e. The fraction of sp³-hybridized carbons (Fsp3) is 0.0455. The van der Waals surface area contributed by atoms with Gasteiger partial charge in [0.15, 0.2) is 0 Å². The first-order chi connectivity index (χ1) is 11.9. The molecule has 0 radical (unpaired) electrons. The molecule has 2 heteroatoms. The van der Waals surface area contributed by atoms with E-state index in [0.717, 1.165) is 11.4 Å². The van der Waals surface area contributed by atoms with Gasteiger partial charge in [-0.1, -0.05) is 60.7 Å². The normalized spacial score (nSPS) is 12.0. The maximum absolute atomic E-state index is 4.44. The zero-order valence-corrected chi connectivity index (χ0v) is 13.9. The summed E-state index contributed by atoms with van der Waals surface area (Å²) in [6.45, 7) is 0. The Kier molecular flexibility index (Phi) is 3.10. The third-order valence-electron chi connectivity index (χ3n) is 4.70. The van der Waals surface area contributed by atoms with Crippen LogP contribution in [0, 0.1) is 0 Å². The summed E-state index contributed by atoms with van der Waals surface area (Å²) in [5.74, 6) is 0. The maximum Gasteiger partial charge on any atom is 0.123 e. The van der Waals surface area contributed by atoms with E-state index in [1.807, 2.05) is 11.6 Å². The van der Waals surface area contributed by atoms with Crippen molar-refractivity contribution < 1.29 is 0 Å². The van der Waals surface area contributed by atoms with E-state index in [-0.39, 0.29) is 0 Å². The molecule has 0 saturated heterocycles. The Labute approximate surface area is 145 Å². The van der Waals surface area contributed by atoms with Crippen molar-refractivity contribution in [2.24, 2.45) is 0 Å². The zero-order valence-electron chi connectivity index (χ0n) is 13.1. The van der Waals surface area contributed by atoms with Gasteiger partial charge in [-0.15, -0.1) is 11.3 Å². The molecule has 4 aromatic rings. The molecule has 3 aromatic carbocycles. The monoisotopic (exact) mass is 325 g/mol. The zero-order chi connectivity index (χ0) is 15.9. The van der Waals surface area contributed by atoms with E-state index in [4.69, 9.17) is 0 Å². The maximum atomic E-state index is 4.44. The second-order valence-electron chi connectivity index (χ2n) is 6.08. The van der Waals surface area contributed by atoms with Gasteiger partial charge in [0, 0.05) is 17.1 Å². The lowest BCUT2D eigenvalue weighted by Gasteiger charge is -2.10. The molecule has 1 aromatic heterocycles. The molecule has 0 spiro atoms. The summed E-state index contributed by atoms with van der Waals surface area (Å²) in [6.07, 6.45) is 2.88. The van der Waals surface area contributed by atoms with Crippen LogP contribution in [-0.2, 0) is 6.42 Å². The van der Waals surface area contributed by atoms with E-state index < -0.39 is 0 Å². The highest BCUT2D eigenvalue weighted by atomic mass is 32.1. The highest BCUT2D eigenvalue weighted by Gasteiger charge is 2.21. The van der Waals surface area contributed by atoms with Gasteiger partial charge < -0.3 is 0 Å². The molecule has 5 rings (SSSR count). The first kappa shape index (κ1) is 13.7. The van der Waals surface area contributed by atoms with Gasteiger partial charge in [-0.3, -0.25) is 0 Å². The predicted molar refractivity (Wildman–Crippen MR) is 101 cm³/mol. The number of aromatic nitrogens is 1. The van der Waals surface area contributed by atoms with Gasteiger partial charge in [-0.2, -0.15) is 0 Å². The van der Waals surface area contributed by atoms with Crippen molar-refractivity contribution in [1.29, 1.82) is 0 Å². The molecule has 1 heterocycles. The van der Waals surface area contributed by atoms with Crippen molar-refractivity contribution in [2.75, 3.05) is 0 Å². The molecule has 0 fully saturated rings. The molecule has 24 heavy (non-hydrogen) atoms. The van der Waals surface area contributed by atoms with Crippen LogP contribution in [0.25, 0.3) is 32.8 Å². The third-order valence-corrected chi connectivity index (χ3v) is 5.53. The van der Waals surface area contributed by atoms with Crippen LogP contribution >= 0.6 is 11.3 Å². The van der Waals surface area contributed by atoms with Crippen LogP contribution in [0.5, 0.6) is 0 Å². The minimum atomic E-state index is 1.02. The van der Waals surface area contributed by atoms with Crippen LogP contribution < -0.4 is 0 Å². The molecule has 0 N–H and O–H groups in total. The molecule has 0 atom stereocenters. The molecule has 1 aliphatic rings. The van der Waals surface area contributed by atoms with E-state index in [1.165, 1.54) is 38.9 Å². The average Bonchev–Trinajstić information content (AvgIpc) is 3.29. The number of hydrogen-bond donors (Lipinski definition) is 0. The van der Waals surface area contributed by atoms with Gasteiger partial charge in [0.05, 0.1) is 0 Å². The van der Waals surface area contributed by atoms with E-state index in [2.05, 4.69) is 71.7 Å². The Morgan fingerprint density at radius 1 is 0.750 bits per heavy atom. The van der Waals surface area contributed by atoms with E-state index in [0.29, 0.717) is 0 Å². The minimum Gasteiger partial charge on any atom is -0.245 e. The van der Waals surface area contributed by atoms with Crippen molar-refractivity contribution in [2.45, 2.75) is 6.42 Å². The Balaban J connectivity index is 1.66. The fourth-order valence-electron chi connectivity index (χ4n) is 3.61. The molecular weight excluding hydrogens is 310 g/mol. The van der Waals surface area contributed by atoms with Gasteiger partial charge in [-0.05, 0) is 45.9 Å². The van der Waals surface area contributed by atoms with Crippen LogP contribution in [-0.4, -0.2) is 4.98 Å². The summed E-state index contributed by atoms with van der Waals surface area (Å²) in [7, 11) is 0. The Morgan fingerprint density at radius 2 is 1.54 bits per heavy atom. The van der Waals surface area contributed by atoms with Crippen molar-refractivity contribution >= 4 is 11.3 Å². The van der Waals surface area contributed by atoms with Gasteiger partial charge in [-0.25, -0.2) is 4.98 Å². The number of benzene rings is 3. The first-order valence-corrected chi connectivity index (χ1v) is 8.98. The molecule has 0 bridgehead atoms. The number of rotatable bonds is 2. The summed E-state index contributed by atoms with van der Waals surface area (Å²) in [5, 5.41) is 3.10. The van der Waals surface area contributed by atoms with Crippen LogP contribution in [0.4, 0.5) is 0 Å². The number of hydrogen-bond acceptors (Lipinski definition) is 2. The van der Waals surface area contributed by atoms with Crippen molar-refractivity contribution in [3.8, 4) is 32.8 Å². The van der Waals surface area contributed by atoms with Crippen molar-refractivity contribution in [1.82, 2.24) is 4.98 Å². The largest absolute Gasteiger partial charge is 0.245 e.